The van der Waals surface area contributed by atoms with Crippen molar-refractivity contribution in [3.05, 3.63) is 40.3 Å². The van der Waals surface area contributed by atoms with Crippen LogP contribution in [0.15, 0.2) is 29.4 Å². The van der Waals surface area contributed by atoms with Crippen molar-refractivity contribution in [2.24, 2.45) is 11.3 Å². The number of nitrogens with one attached hydrogen (secondary N) is 1. The lowest BCUT2D eigenvalue weighted by molar-refractivity contribution is -0.113. The van der Waals surface area contributed by atoms with E-state index in [9.17, 15) is 10.1 Å². The fraction of sp³-hybridized carbons (Fsp3) is 0.533. The second-order valence-electron chi connectivity index (χ2n) is 11.6. The predicted molar refractivity (Wildman–Crippen MR) is 157 cm³/mol. The molecule has 0 spiro atoms. The van der Waals surface area contributed by atoms with Crippen LogP contribution in [0.1, 0.15) is 75.8 Å². The van der Waals surface area contributed by atoms with Crippen LogP contribution in [0.25, 0.3) is 11.4 Å². The van der Waals surface area contributed by atoms with Crippen LogP contribution in [0, 0.1) is 22.7 Å². The topological polar surface area (TPSA) is 92.8 Å². The van der Waals surface area contributed by atoms with Crippen molar-refractivity contribution < 1.29 is 9.53 Å². The first kappa shape index (κ1) is 27.7. The molecule has 0 saturated heterocycles. The van der Waals surface area contributed by atoms with Gasteiger partial charge in [0.2, 0.25) is 5.91 Å². The van der Waals surface area contributed by atoms with E-state index in [0.717, 1.165) is 54.8 Å². The van der Waals surface area contributed by atoms with Gasteiger partial charge in [0.05, 0.1) is 17.4 Å². The number of nitriles is 1. The van der Waals surface area contributed by atoms with Crippen LogP contribution >= 0.6 is 23.1 Å². The number of nitrogens with zero attached hydrogens (tertiary/aromatic N) is 4. The van der Waals surface area contributed by atoms with E-state index in [0.29, 0.717) is 34.3 Å². The average molecular weight is 564 g/mol. The Hall–Kier alpha value is -2.83. The van der Waals surface area contributed by atoms with Crippen LogP contribution in [0.2, 0.25) is 0 Å². The number of carbonyl (C=O) groups excluding carboxylic acids is 1. The molecule has 0 aliphatic heterocycles. The molecule has 206 valence electrons. The quantitative estimate of drug-likeness (QED) is 0.294. The van der Waals surface area contributed by atoms with E-state index in [1.54, 1.807) is 11.3 Å². The Balaban J connectivity index is 1.23. The Morgan fingerprint density at radius 2 is 1.95 bits per heavy atom. The van der Waals surface area contributed by atoms with E-state index in [1.807, 2.05) is 28.8 Å². The Kier molecular flexibility index (Phi) is 8.34. The molecule has 3 aromatic rings. The summed E-state index contributed by atoms with van der Waals surface area (Å²) in [7, 11) is 0. The minimum absolute atomic E-state index is 0.136. The number of hydrogen-bond donors (Lipinski definition) is 1. The summed E-state index contributed by atoms with van der Waals surface area (Å²) in [5.41, 5.74) is 2.96. The van der Waals surface area contributed by atoms with Crippen LogP contribution in [-0.2, 0) is 24.2 Å². The van der Waals surface area contributed by atoms with Crippen LogP contribution in [-0.4, -0.2) is 32.5 Å². The standard InChI is InChI=1S/C30H37N5O2S2/c1-5-35-27(19-10-13-22(14-11-19)37-21-8-6-7-9-21)33-34-29(35)38-18-26(36)32-28-24(17-31)23-15-12-20(30(2,3)4)16-25(23)39-28/h10-11,13-14,20-21H,5-9,12,15-16,18H2,1-4H3,(H,32,36). The number of ether oxygens (including phenoxy) is 1. The third-order valence-corrected chi connectivity index (χ3v) is 10.1. The van der Waals surface area contributed by atoms with Crippen LogP contribution < -0.4 is 10.1 Å². The smallest absolute Gasteiger partial charge is 0.235 e. The second kappa shape index (κ2) is 11.7. The molecule has 1 fully saturated rings. The van der Waals surface area contributed by atoms with E-state index >= 15 is 0 Å². The summed E-state index contributed by atoms with van der Waals surface area (Å²) in [6.07, 6.45) is 8.02. The molecule has 1 atom stereocenters. The maximum absolute atomic E-state index is 12.9. The number of hydrogen-bond acceptors (Lipinski definition) is 7. The molecule has 0 bridgehead atoms. The summed E-state index contributed by atoms with van der Waals surface area (Å²) in [4.78, 5) is 14.2. The fourth-order valence-electron chi connectivity index (χ4n) is 5.60. The molecule has 1 saturated carbocycles. The highest BCUT2D eigenvalue weighted by Gasteiger charge is 2.32. The predicted octanol–water partition coefficient (Wildman–Crippen LogP) is 7.10. The number of thioether (sulfide) groups is 1. The van der Waals surface area contributed by atoms with Gasteiger partial charge in [0, 0.05) is 17.0 Å². The first-order valence-electron chi connectivity index (χ1n) is 13.9. The molecule has 9 heteroatoms. The summed E-state index contributed by atoms with van der Waals surface area (Å²) in [5.74, 6) is 2.31. The third-order valence-electron chi connectivity index (χ3n) is 7.94. The average Bonchev–Trinajstić information content (AvgIpc) is 3.65. The molecule has 2 aliphatic rings. The van der Waals surface area contributed by atoms with Gasteiger partial charge in [0.25, 0.3) is 0 Å². The van der Waals surface area contributed by atoms with Gasteiger partial charge < -0.3 is 14.6 Å². The molecule has 2 aliphatic carbocycles. The normalized spacial score (nSPS) is 17.6. The summed E-state index contributed by atoms with van der Waals surface area (Å²) >= 11 is 2.93. The zero-order valence-corrected chi connectivity index (χ0v) is 24.9. The first-order valence-corrected chi connectivity index (χ1v) is 15.7. The zero-order chi connectivity index (χ0) is 27.6. The molecular formula is C30H37N5O2S2. The molecule has 1 N–H and O–H groups in total. The monoisotopic (exact) mass is 563 g/mol. The highest BCUT2D eigenvalue weighted by atomic mass is 32.2. The zero-order valence-electron chi connectivity index (χ0n) is 23.2. The Labute approximate surface area is 239 Å². The maximum Gasteiger partial charge on any atom is 0.235 e. The van der Waals surface area contributed by atoms with Gasteiger partial charge in [-0.2, -0.15) is 5.26 Å². The molecule has 1 aromatic carbocycles. The molecule has 0 radical (unpaired) electrons. The highest BCUT2D eigenvalue weighted by Crippen LogP contribution is 2.44. The number of aromatic nitrogens is 3. The van der Waals surface area contributed by atoms with Crippen molar-refractivity contribution in [3.63, 3.8) is 0 Å². The summed E-state index contributed by atoms with van der Waals surface area (Å²) < 4.78 is 8.12. The molecule has 1 amide bonds. The van der Waals surface area contributed by atoms with E-state index in [1.165, 1.54) is 29.5 Å². The molecule has 2 heterocycles. The lowest BCUT2D eigenvalue weighted by Gasteiger charge is -2.33. The van der Waals surface area contributed by atoms with E-state index < -0.39 is 0 Å². The molecule has 7 nitrogen and oxygen atoms in total. The van der Waals surface area contributed by atoms with Crippen LogP contribution in [0.3, 0.4) is 0 Å². The van der Waals surface area contributed by atoms with Gasteiger partial charge in [-0.25, -0.2) is 0 Å². The Morgan fingerprint density at radius 3 is 2.62 bits per heavy atom. The van der Waals surface area contributed by atoms with E-state index in [2.05, 4.69) is 49.3 Å². The number of thiophene rings is 1. The van der Waals surface area contributed by atoms with Crippen molar-refractivity contribution >= 4 is 34.0 Å². The number of amides is 1. The lowest BCUT2D eigenvalue weighted by atomic mass is 9.72. The van der Waals surface area contributed by atoms with Crippen molar-refractivity contribution in [2.75, 3.05) is 11.1 Å². The van der Waals surface area contributed by atoms with E-state index in [-0.39, 0.29) is 17.1 Å². The van der Waals surface area contributed by atoms with Gasteiger partial charge in [-0.05, 0) is 93.0 Å². The number of rotatable bonds is 8. The van der Waals surface area contributed by atoms with Gasteiger partial charge in [0.15, 0.2) is 11.0 Å². The van der Waals surface area contributed by atoms with Crippen molar-refractivity contribution in [3.8, 4) is 23.2 Å². The largest absolute Gasteiger partial charge is 0.490 e. The number of carbonyl (C=O) groups is 1. The van der Waals surface area contributed by atoms with Gasteiger partial charge in [-0.3, -0.25) is 4.79 Å². The molecular weight excluding hydrogens is 526 g/mol. The van der Waals surface area contributed by atoms with Crippen molar-refractivity contribution in [1.82, 2.24) is 14.8 Å². The molecule has 1 unspecified atom stereocenters. The van der Waals surface area contributed by atoms with Gasteiger partial charge in [-0.15, -0.1) is 21.5 Å². The SMILES string of the molecule is CCn1c(SCC(=O)Nc2sc3c(c2C#N)CCC(C(C)(C)C)C3)nnc1-c1ccc(OC2CCCC2)cc1. The molecule has 39 heavy (non-hydrogen) atoms. The van der Waals surface area contributed by atoms with Gasteiger partial charge in [-0.1, -0.05) is 32.5 Å². The lowest BCUT2D eigenvalue weighted by Crippen LogP contribution is -2.26. The second-order valence-corrected chi connectivity index (χ2v) is 13.6. The van der Waals surface area contributed by atoms with Crippen LogP contribution in [0.5, 0.6) is 5.75 Å². The van der Waals surface area contributed by atoms with Gasteiger partial charge >= 0.3 is 0 Å². The highest BCUT2D eigenvalue weighted by molar-refractivity contribution is 7.99. The fourth-order valence-corrected chi connectivity index (χ4v) is 7.70. The van der Waals surface area contributed by atoms with E-state index in [4.69, 9.17) is 4.74 Å². The summed E-state index contributed by atoms with van der Waals surface area (Å²) in [6.45, 7) is 9.58. The minimum Gasteiger partial charge on any atom is -0.490 e. The molecule has 5 rings (SSSR count). The first-order chi connectivity index (χ1) is 18.8. The third kappa shape index (κ3) is 6.17. The Bertz CT molecular complexity index is 1360. The number of fused-ring (bicyclic) bond motifs is 1. The summed E-state index contributed by atoms with van der Waals surface area (Å²) in [5, 5.41) is 23.1. The minimum atomic E-state index is -0.136. The number of anilines is 1. The maximum atomic E-state index is 12.9. The van der Waals surface area contributed by atoms with Crippen molar-refractivity contribution in [2.45, 2.75) is 90.4 Å². The van der Waals surface area contributed by atoms with Gasteiger partial charge in [0.1, 0.15) is 16.8 Å². The van der Waals surface area contributed by atoms with Crippen LogP contribution in [0.4, 0.5) is 5.00 Å². The van der Waals surface area contributed by atoms with Crippen molar-refractivity contribution in [1.29, 1.82) is 5.26 Å². The summed E-state index contributed by atoms with van der Waals surface area (Å²) in [6, 6.07) is 10.4. The molecule has 2 aromatic heterocycles. The Morgan fingerprint density at radius 1 is 1.21 bits per heavy atom. The number of benzene rings is 1.